The molecule has 0 aliphatic rings. The van der Waals surface area contributed by atoms with Gasteiger partial charge in [-0.15, -0.1) is 0 Å². The van der Waals surface area contributed by atoms with Crippen LogP contribution >= 0.6 is 0 Å². The molecule has 0 fully saturated rings. The highest BCUT2D eigenvalue weighted by molar-refractivity contribution is 5.21. The molecular formula is C15H23F2NO. The van der Waals surface area contributed by atoms with Gasteiger partial charge < -0.3 is 10.1 Å². The van der Waals surface area contributed by atoms with Gasteiger partial charge in [-0.2, -0.15) is 0 Å². The second-order valence-corrected chi connectivity index (χ2v) is 5.10. The fourth-order valence-electron chi connectivity index (χ4n) is 1.92. The van der Waals surface area contributed by atoms with Crippen LogP contribution in [0, 0.1) is 17.6 Å². The maximum Gasteiger partial charge on any atom is 0.126 e. The molecule has 2 nitrogen and oxygen atoms in total. The molecular weight excluding hydrogens is 248 g/mol. The fourth-order valence-corrected chi connectivity index (χ4v) is 1.92. The van der Waals surface area contributed by atoms with E-state index in [1.54, 1.807) is 0 Å². The van der Waals surface area contributed by atoms with Gasteiger partial charge in [-0.3, -0.25) is 0 Å². The Morgan fingerprint density at radius 3 is 2.16 bits per heavy atom. The number of hydrogen-bond donors (Lipinski definition) is 1. The zero-order valence-corrected chi connectivity index (χ0v) is 12.0. The molecule has 0 saturated carbocycles. The van der Waals surface area contributed by atoms with Crippen LogP contribution < -0.4 is 5.32 Å². The van der Waals surface area contributed by atoms with Gasteiger partial charge in [0.05, 0.1) is 6.61 Å². The molecule has 1 N–H and O–H groups in total. The van der Waals surface area contributed by atoms with E-state index >= 15 is 0 Å². The molecule has 0 aliphatic heterocycles. The Bertz CT molecular complexity index is 375. The predicted molar refractivity (Wildman–Crippen MR) is 73.0 cm³/mol. The summed E-state index contributed by atoms with van der Waals surface area (Å²) in [5.74, 6) is -0.712. The highest BCUT2D eigenvalue weighted by Crippen LogP contribution is 2.18. The Morgan fingerprint density at radius 2 is 1.68 bits per heavy atom. The minimum Gasteiger partial charge on any atom is -0.380 e. The summed E-state index contributed by atoms with van der Waals surface area (Å²) in [7, 11) is 0. The number of halogens is 2. The zero-order chi connectivity index (χ0) is 14.4. The van der Waals surface area contributed by atoms with E-state index in [1.807, 2.05) is 13.8 Å². The Kier molecular flexibility index (Phi) is 6.38. The molecule has 0 radical (unpaired) electrons. The van der Waals surface area contributed by atoms with E-state index in [9.17, 15) is 8.78 Å². The Balaban J connectivity index is 2.72. The maximum absolute atomic E-state index is 13.2. The largest absolute Gasteiger partial charge is 0.380 e. The standard InChI is InChI=1S/C15H23F2NO/c1-5-19-9-15(10(2)3)18-11(4)12-6-13(16)8-14(17)7-12/h6-8,10-11,15,18H,5,9H2,1-4H3. The van der Waals surface area contributed by atoms with Gasteiger partial charge in [0.2, 0.25) is 0 Å². The van der Waals surface area contributed by atoms with E-state index in [1.165, 1.54) is 12.1 Å². The van der Waals surface area contributed by atoms with Crippen molar-refractivity contribution in [1.29, 1.82) is 0 Å². The third-order valence-corrected chi connectivity index (χ3v) is 3.16. The van der Waals surface area contributed by atoms with Crippen LogP contribution in [0.2, 0.25) is 0 Å². The molecule has 0 aliphatic carbocycles. The van der Waals surface area contributed by atoms with Gasteiger partial charge in [-0.25, -0.2) is 8.78 Å². The molecule has 19 heavy (non-hydrogen) atoms. The number of nitrogens with one attached hydrogen (secondary N) is 1. The van der Waals surface area contributed by atoms with E-state index in [4.69, 9.17) is 4.74 Å². The van der Waals surface area contributed by atoms with E-state index < -0.39 is 11.6 Å². The first-order chi connectivity index (χ1) is 8.93. The lowest BCUT2D eigenvalue weighted by atomic mass is 10.0. The van der Waals surface area contributed by atoms with E-state index in [0.29, 0.717) is 24.7 Å². The van der Waals surface area contributed by atoms with Gasteiger partial charge in [-0.1, -0.05) is 13.8 Å². The molecule has 1 rings (SSSR count). The third-order valence-electron chi connectivity index (χ3n) is 3.16. The number of rotatable bonds is 7. The third kappa shape index (κ3) is 5.25. The lowest BCUT2D eigenvalue weighted by molar-refractivity contribution is 0.104. The lowest BCUT2D eigenvalue weighted by Gasteiger charge is -2.26. The van der Waals surface area contributed by atoms with Crippen molar-refractivity contribution in [2.75, 3.05) is 13.2 Å². The normalized spacial score (nSPS) is 14.7. The number of ether oxygens (including phenoxy) is 1. The monoisotopic (exact) mass is 271 g/mol. The van der Waals surface area contributed by atoms with Crippen LogP contribution in [0.3, 0.4) is 0 Å². The van der Waals surface area contributed by atoms with Crippen molar-refractivity contribution in [3.63, 3.8) is 0 Å². The van der Waals surface area contributed by atoms with Crippen LogP contribution in [0.25, 0.3) is 0 Å². The smallest absolute Gasteiger partial charge is 0.126 e. The molecule has 0 bridgehead atoms. The summed E-state index contributed by atoms with van der Waals surface area (Å²) < 4.78 is 31.8. The van der Waals surface area contributed by atoms with Crippen molar-refractivity contribution >= 4 is 0 Å². The van der Waals surface area contributed by atoms with Gasteiger partial charge in [0.1, 0.15) is 11.6 Å². The minimum absolute atomic E-state index is 0.127. The molecule has 0 heterocycles. The molecule has 4 heteroatoms. The van der Waals surface area contributed by atoms with Crippen molar-refractivity contribution in [3.05, 3.63) is 35.4 Å². The average molecular weight is 271 g/mol. The molecule has 108 valence electrons. The molecule has 1 aromatic rings. The quantitative estimate of drug-likeness (QED) is 0.817. The summed E-state index contributed by atoms with van der Waals surface area (Å²) in [4.78, 5) is 0. The predicted octanol–water partition coefficient (Wildman–Crippen LogP) is 3.68. The first kappa shape index (κ1) is 16.1. The van der Waals surface area contributed by atoms with Crippen LogP contribution in [-0.2, 0) is 4.74 Å². The molecule has 2 unspecified atom stereocenters. The van der Waals surface area contributed by atoms with E-state index in [0.717, 1.165) is 6.07 Å². The summed E-state index contributed by atoms with van der Waals surface area (Å²) in [5.41, 5.74) is 0.611. The van der Waals surface area contributed by atoms with Crippen molar-refractivity contribution < 1.29 is 13.5 Å². The van der Waals surface area contributed by atoms with Crippen molar-refractivity contribution in [2.24, 2.45) is 5.92 Å². The SMILES string of the molecule is CCOCC(NC(C)c1cc(F)cc(F)c1)C(C)C. The molecule has 0 amide bonds. The molecule has 0 saturated heterocycles. The highest BCUT2D eigenvalue weighted by atomic mass is 19.1. The van der Waals surface area contributed by atoms with Gasteiger partial charge in [0.25, 0.3) is 0 Å². The van der Waals surface area contributed by atoms with Crippen molar-refractivity contribution in [2.45, 2.75) is 39.8 Å². The van der Waals surface area contributed by atoms with E-state index in [2.05, 4.69) is 19.2 Å². The summed E-state index contributed by atoms with van der Waals surface area (Å²) in [6.45, 7) is 9.29. The number of hydrogen-bond acceptors (Lipinski definition) is 2. The van der Waals surface area contributed by atoms with Crippen LogP contribution in [0.1, 0.15) is 39.3 Å². The Labute approximate surface area is 114 Å². The summed E-state index contributed by atoms with van der Waals surface area (Å²) in [6, 6.07) is 3.63. The van der Waals surface area contributed by atoms with Crippen LogP contribution in [0.5, 0.6) is 0 Å². The second-order valence-electron chi connectivity index (χ2n) is 5.10. The molecule has 2 atom stereocenters. The van der Waals surface area contributed by atoms with Crippen LogP contribution in [0.15, 0.2) is 18.2 Å². The molecule has 0 spiro atoms. The lowest BCUT2D eigenvalue weighted by Crippen LogP contribution is -2.39. The number of benzene rings is 1. The Hall–Kier alpha value is -1.00. The van der Waals surface area contributed by atoms with Crippen molar-refractivity contribution in [1.82, 2.24) is 5.32 Å². The second kappa shape index (κ2) is 7.56. The first-order valence-electron chi connectivity index (χ1n) is 6.73. The minimum atomic E-state index is -0.547. The zero-order valence-electron chi connectivity index (χ0n) is 12.0. The highest BCUT2D eigenvalue weighted by Gasteiger charge is 2.17. The van der Waals surface area contributed by atoms with Crippen LogP contribution in [0.4, 0.5) is 8.78 Å². The van der Waals surface area contributed by atoms with Crippen LogP contribution in [-0.4, -0.2) is 19.3 Å². The van der Waals surface area contributed by atoms with Gasteiger partial charge in [-0.05, 0) is 37.5 Å². The molecule has 1 aromatic carbocycles. The van der Waals surface area contributed by atoms with Gasteiger partial charge in [0.15, 0.2) is 0 Å². The van der Waals surface area contributed by atoms with Crippen molar-refractivity contribution in [3.8, 4) is 0 Å². The molecule has 0 aromatic heterocycles. The average Bonchev–Trinajstić information content (AvgIpc) is 2.32. The summed E-state index contributed by atoms with van der Waals surface area (Å²) >= 11 is 0. The first-order valence-corrected chi connectivity index (χ1v) is 6.73. The van der Waals surface area contributed by atoms with Gasteiger partial charge in [0, 0.05) is 24.8 Å². The summed E-state index contributed by atoms with van der Waals surface area (Å²) in [6.07, 6.45) is 0. The van der Waals surface area contributed by atoms with E-state index in [-0.39, 0.29) is 12.1 Å². The Morgan fingerprint density at radius 1 is 1.11 bits per heavy atom. The van der Waals surface area contributed by atoms with Gasteiger partial charge >= 0.3 is 0 Å². The fraction of sp³-hybridized carbons (Fsp3) is 0.600. The summed E-state index contributed by atoms with van der Waals surface area (Å²) in [5, 5.41) is 3.36. The maximum atomic E-state index is 13.2. The topological polar surface area (TPSA) is 21.3 Å².